The van der Waals surface area contributed by atoms with E-state index in [0.29, 0.717) is 10.6 Å². The Morgan fingerprint density at radius 2 is 1.86 bits per heavy atom. The van der Waals surface area contributed by atoms with Gasteiger partial charge in [-0.3, -0.25) is 4.99 Å². The van der Waals surface area contributed by atoms with Gasteiger partial charge in [-0.1, -0.05) is 48.0 Å². The third-order valence-electron chi connectivity index (χ3n) is 3.45. The van der Waals surface area contributed by atoms with Gasteiger partial charge in [-0.25, -0.2) is 0 Å². The van der Waals surface area contributed by atoms with Crippen molar-refractivity contribution < 1.29 is 5.11 Å². The summed E-state index contributed by atoms with van der Waals surface area (Å²) in [4.78, 5) is 4.42. The van der Waals surface area contributed by atoms with Crippen molar-refractivity contribution in [2.24, 2.45) is 4.99 Å². The Balaban J connectivity index is 2.06. The van der Waals surface area contributed by atoms with E-state index in [9.17, 15) is 5.11 Å². The van der Waals surface area contributed by atoms with Gasteiger partial charge < -0.3 is 5.11 Å². The van der Waals surface area contributed by atoms with E-state index in [-0.39, 0.29) is 5.75 Å². The summed E-state index contributed by atoms with van der Waals surface area (Å²) >= 11 is 6.10. The van der Waals surface area contributed by atoms with Crippen LogP contribution in [0.25, 0.3) is 10.8 Å². The second-order valence-corrected chi connectivity index (χ2v) is 5.32. The normalized spacial score (nSPS) is 11.3. The monoisotopic (exact) mass is 295 g/mol. The molecular formula is C18H14ClNO. The van der Waals surface area contributed by atoms with E-state index in [4.69, 9.17) is 11.6 Å². The first-order chi connectivity index (χ1) is 10.1. The molecule has 0 fully saturated rings. The zero-order valence-electron chi connectivity index (χ0n) is 11.5. The lowest BCUT2D eigenvalue weighted by atomic mass is 10.0. The molecule has 3 heteroatoms. The molecule has 3 aromatic rings. The number of nitrogens with zero attached hydrogens (tertiary/aromatic N) is 1. The number of benzene rings is 3. The molecule has 104 valence electrons. The first-order valence-electron chi connectivity index (χ1n) is 6.66. The summed E-state index contributed by atoms with van der Waals surface area (Å²) in [7, 11) is 0. The van der Waals surface area contributed by atoms with Crippen LogP contribution in [-0.4, -0.2) is 11.3 Å². The molecule has 0 saturated carbocycles. The van der Waals surface area contributed by atoms with Crippen molar-refractivity contribution in [2.45, 2.75) is 6.92 Å². The highest BCUT2D eigenvalue weighted by Crippen LogP contribution is 2.27. The predicted molar refractivity (Wildman–Crippen MR) is 89.1 cm³/mol. The van der Waals surface area contributed by atoms with Crippen molar-refractivity contribution in [3.63, 3.8) is 0 Å². The molecule has 3 rings (SSSR count). The van der Waals surface area contributed by atoms with Crippen LogP contribution in [0.3, 0.4) is 0 Å². The fourth-order valence-electron chi connectivity index (χ4n) is 2.22. The number of aryl methyl sites for hydroxylation is 1. The van der Waals surface area contributed by atoms with Crippen LogP contribution in [-0.2, 0) is 0 Å². The van der Waals surface area contributed by atoms with Gasteiger partial charge in [0.25, 0.3) is 0 Å². The highest BCUT2D eigenvalue weighted by Gasteiger charge is 2.04. The van der Waals surface area contributed by atoms with Gasteiger partial charge >= 0.3 is 0 Å². The lowest BCUT2D eigenvalue weighted by Gasteiger charge is -2.05. The molecule has 0 heterocycles. The topological polar surface area (TPSA) is 32.6 Å². The second-order valence-electron chi connectivity index (χ2n) is 4.91. The van der Waals surface area contributed by atoms with Crippen LogP contribution in [0.15, 0.2) is 59.6 Å². The van der Waals surface area contributed by atoms with E-state index >= 15 is 0 Å². The fourth-order valence-corrected chi connectivity index (χ4v) is 2.40. The molecule has 0 atom stereocenters. The van der Waals surface area contributed by atoms with Crippen LogP contribution in [0, 0.1) is 6.92 Å². The Kier molecular flexibility index (Phi) is 3.63. The zero-order valence-corrected chi connectivity index (χ0v) is 12.3. The lowest BCUT2D eigenvalue weighted by molar-refractivity contribution is 0.475. The van der Waals surface area contributed by atoms with Crippen LogP contribution < -0.4 is 0 Å². The average Bonchev–Trinajstić information content (AvgIpc) is 2.50. The zero-order chi connectivity index (χ0) is 14.8. The van der Waals surface area contributed by atoms with Gasteiger partial charge in [0.1, 0.15) is 5.75 Å². The van der Waals surface area contributed by atoms with E-state index in [1.165, 1.54) is 0 Å². The van der Waals surface area contributed by atoms with Crippen LogP contribution in [0.4, 0.5) is 5.69 Å². The van der Waals surface area contributed by atoms with E-state index in [1.807, 2.05) is 55.5 Å². The molecule has 0 aliphatic heterocycles. The van der Waals surface area contributed by atoms with Crippen molar-refractivity contribution >= 4 is 34.3 Å². The summed E-state index contributed by atoms with van der Waals surface area (Å²) < 4.78 is 0. The minimum atomic E-state index is 0.218. The summed E-state index contributed by atoms with van der Waals surface area (Å²) in [5.74, 6) is 0.218. The Morgan fingerprint density at radius 3 is 2.67 bits per heavy atom. The van der Waals surface area contributed by atoms with Gasteiger partial charge in [-0.15, -0.1) is 0 Å². The van der Waals surface area contributed by atoms with Crippen LogP contribution in [0.2, 0.25) is 5.02 Å². The van der Waals surface area contributed by atoms with Crippen molar-refractivity contribution in [3.05, 3.63) is 70.7 Å². The summed E-state index contributed by atoms with van der Waals surface area (Å²) in [5, 5.41) is 12.8. The summed E-state index contributed by atoms with van der Waals surface area (Å²) in [6.07, 6.45) is 1.68. The molecule has 0 aliphatic carbocycles. The van der Waals surface area contributed by atoms with Crippen LogP contribution >= 0.6 is 11.6 Å². The first kappa shape index (κ1) is 13.7. The molecular weight excluding hydrogens is 282 g/mol. The van der Waals surface area contributed by atoms with Gasteiger partial charge in [0.2, 0.25) is 0 Å². The lowest BCUT2D eigenvalue weighted by Crippen LogP contribution is -1.86. The highest BCUT2D eigenvalue weighted by molar-refractivity contribution is 6.31. The second kappa shape index (κ2) is 5.58. The SMILES string of the molecule is Cc1ccc(/N=C/c2c(O)ccc3ccccc23)cc1Cl. The number of hydrogen-bond donors (Lipinski definition) is 1. The maximum absolute atomic E-state index is 10.1. The van der Waals surface area contributed by atoms with Gasteiger partial charge in [0, 0.05) is 16.8 Å². The number of hydrogen-bond acceptors (Lipinski definition) is 2. The third kappa shape index (κ3) is 2.76. The third-order valence-corrected chi connectivity index (χ3v) is 3.85. The Labute approximate surface area is 128 Å². The van der Waals surface area contributed by atoms with Crippen molar-refractivity contribution in [2.75, 3.05) is 0 Å². The maximum atomic E-state index is 10.1. The molecule has 0 saturated heterocycles. The molecule has 3 aromatic carbocycles. The molecule has 0 bridgehead atoms. The van der Waals surface area contributed by atoms with Crippen LogP contribution in [0.5, 0.6) is 5.75 Å². The molecule has 0 aromatic heterocycles. The summed E-state index contributed by atoms with van der Waals surface area (Å²) in [6.45, 7) is 1.95. The number of rotatable bonds is 2. The molecule has 0 radical (unpaired) electrons. The standard InChI is InChI=1S/C18H14ClNO/c1-12-6-8-14(10-17(12)19)20-11-16-15-5-3-2-4-13(15)7-9-18(16)21/h2-11,21H,1H3/b20-11+. The number of halogens is 1. The molecule has 1 N–H and O–H groups in total. The van der Waals surface area contributed by atoms with E-state index < -0.39 is 0 Å². The van der Waals surface area contributed by atoms with Crippen molar-refractivity contribution in [1.82, 2.24) is 0 Å². The fraction of sp³-hybridized carbons (Fsp3) is 0.0556. The highest BCUT2D eigenvalue weighted by atomic mass is 35.5. The molecule has 0 amide bonds. The van der Waals surface area contributed by atoms with Gasteiger partial charge in [0.05, 0.1) is 5.69 Å². The quantitative estimate of drug-likeness (QED) is 0.643. The predicted octanol–water partition coefficient (Wildman–Crippen LogP) is 5.26. The van der Waals surface area contributed by atoms with Crippen LogP contribution in [0.1, 0.15) is 11.1 Å². The number of aliphatic imine (C=N–C) groups is 1. The number of phenols is 1. The smallest absolute Gasteiger partial charge is 0.124 e. The maximum Gasteiger partial charge on any atom is 0.124 e. The molecule has 0 spiro atoms. The largest absolute Gasteiger partial charge is 0.507 e. The number of fused-ring (bicyclic) bond motifs is 1. The van der Waals surface area contributed by atoms with Gasteiger partial charge in [0.15, 0.2) is 0 Å². The average molecular weight is 296 g/mol. The molecule has 21 heavy (non-hydrogen) atoms. The minimum Gasteiger partial charge on any atom is -0.507 e. The Hall–Kier alpha value is -2.32. The van der Waals surface area contributed by atoms with E-state index in [1.54, 1.807) is 12.3 Å². The Bertz CT molecular complexity index is 840. The van der Waals surface area contributed by atoms with Crippen molar-refractivity contribution in [1.29, 1.82) is 0 Å². The summed E-state index contributed by atoms with van der Waals surface area (Å²) in [5.41, 5.74) is 2.49. The Morgan fingerprint density at radius 1 is 1.05 bits per heavy atom. The van der Waals surface area contributed by atoms with Gasteiger partial charge in [-0.05, 0) is 41.5 Å². The summed E-state index contributed by atoms with van der Waals surface area (Å²) in [6, 6.07) is 17.1. The molecule has 0 aliphatic rings. The molecule has 2 nitrogen and oxygen atoms in total. The first-order valence-corrected chi connectivity index (χ1v) is 7.04. The van der Waals surface area contributed by atoms with E-state index in [2.05, 4.69) is 4.99 Å². The van der Waals surface area contributed by atoms with E-state index in [0.717, 1.165) is 22.0 Å². The number of aromatic hydroxyl groups is 1. The van der Waals surface area contributed by atoms with Crippen molar-refractivity contribution in [3.8, 4) is 5.75 Å². The number of phenolic OH excluding ortho intramolecular Hbond substituents is 1. The van der Waals surface area contributed by atoms with Gasteiger partial charge in [-0.2, -0.15) is 0 Å². The molecule has 0 unspecified atom stereocenters. The minimum absolute atomic E-state index is 0.218.